The summed E-state index contributed by atoms with van der Waals surface area (Å²) in [5.74, 6) is 0. The third kappa shape index (κ3) is 7.96. The third-order valence-electron chi connectivity index (χ3n) is 14.5. The summed E-state index contributed by atoms with van der Waals surface area (Å²) < 4.78 is 48.7. The van der Waals surface area contributed by atoms with E-state index in [4.69, 9.17) is 0 Å². The van der Waals surface area contributed by atoms with Crippen LogP contribution in [0.3, 0.4) is 0 Å². The molecule has 2 aromatic heterocycles. The van der Waals surface area contributed by atoms with E-state index < -0.39 is 11.7 Å². The summed E-state index contributed by atoms with van der Waals surface area (Å²) in [6.45, 7) is 8.26. The average molecular weight is 963 g/mol. The molecule has 0 amide bonds. The van der Waals surface area contributed by atoms with Gasteiger partial charge in [0.2, 0.25) is 0 Å². The Kier molecular flexibility index (Phi) is 10.9. The van der Waals surface area contributed by atoms with Crippen LogP contribution in [0.5, 0.6) is 0 Å². The Morgan fingerprint density at radius 3 is 0.973 bits per heavy atom. The van der Waals surface area contributed by atoms with E-state index in [0.717, 1.165) is 123 Å². The summed E-state index contributed by atoms with van der Waals surface area (Å²) in [7, 11) is 0. The van der Waals surface area contributed by atoms with Crippen LogP contribution in [-0.2, 0) is 6.18 Å². The second kappa shape index (κ2) is 17.7. The molecule has 0 saturated carbocycles. The Morgan fingerprint density at radius 2 is 0.662 bits per heavy atom. The van der Waals surface area contributed by atoms with Crippen molar-refractivity contribution >= 4 is 43.6 Å². The van der Waals surface area contributed by atoms with E-state index in [2.05, 4.69) is 213 Å². The van der Waals surface area contributed by atoms with Crippen molar-refractivity contribution in [2.24, 2.45) is 0 Å². The summed E-state index contributed by atoms with van der Waals surface area (Å²) in [4.78, 5) is 0. The molecule has 0 aliphatic heterocycles. The van der Waals surface area contributed by atoms with Crippen LogP contribution in [0.2, 0.25) is 0 Å². The molecule has 0 N–H and O–H groups in total. The van der Waals surface area contributed by atoms with Crippen LogP contribution in [0.25, 0.3) is 111 Å². The highest BCUT2D eigenvalue weighted by Crippen LogP contribution is 2.45. The van der Waals surface area contributed by atoms with Gasteiger partial charge in [-0.15, -0.1) is 0 Å². The van der Waals surface area contributed by atoms with Gasteiger partial charge in [0.15, 0.2) is 0 Å². The van der Waals surface area contributed by atoms with Crippen LogP contribution in [0.4, 0.5) is 13.2 Å². The van der Waals surface area contributed by atoms with Gasteiger partial charge >= 0.3 is 6.18 Å². The topological polar surface area (TPSA) is 57.4 Å². The number of benzene rings is 10. The number of nitriles is 2. The van der Waals surface area contributed by atoms with E-state index in [1.54, 1.807) is 0 Å². The third-order valence-corrected chi connectivity index (χ3v) is 14.5. The van der Waals surface area contributed by atoms with Crippen molar-refractivity contribution in [3.05, 3.63) is 239 Å². The number of aryl methyl sites for hydroxylation is 4. The van der Waals surface area contributed by atoms with E-state index in [-0.39, 0.29) is 22.3 Å². The molecule has 354 valence electrons. The standard InChI is InChI=1S/C67H45F3N4/c1-40-5-13-45(14-6-40)49-21-25-56-57-26-22-50(46-15-7-41(2)8-16-46)33-62(57)73(61(56)32-49)65-36-54(39-72)60(53-29-44(38-71)30-55(31-53)67(68,69)70)37-66(65)74-63-34-51(47-17-9-42(3)10-18-47)23-27-58(63)59-28-24-52(35-64(59)74)48-19-11-43(4)12-20-48/h5-37H,1-4H3. The van der Waals surface area contributed by atoms with E-state index in [9.17, 15) is 23.7 Å². The number of alkyl halides is 3. The van der Waals surface area contributed by atoms with Gasteiger partial charge in [-0.2, -0.15) is 23.7 Å². The molecule has 2 heterocycles. The first-order chi connectivity index (χ1) is 35.8. The maximum atomic E-state index is 14.7. The van der Waals surface area contributed by atoms with Gasteiger partial charge in [0.1, 0.15) is 0 Å². The fourth-order valence-corrected chi connectivity index (χ4v) is 10.5. The van der Waals surface area contributed by atoms with Gasteiger partial charge in [-0.05, 0) is 132 Å². The summed E-state index contributed by atoms with van der Waals surface area (Å²) >= 11 is 0. The van der Waals surface area contributed by atoms with Crippen molar-refractivity contribution in [3.63, 3.8) is 0 Å². The van der Waals surface area contributed by atoms with Crippen LogP contribution in [0, 0.1) is 50.4 Å². The van der Waals surface area contributed by atoms with Crippen LogP contribution in [0.15, 0.2) is 200 Å². The quantitative estimate of drug-likeness (QED) is 0.160. The van der Waals surface area contributed by atoms with Crippen molar-refractivity contribution in [1.29, 1.82) is 10.5 Å². The summed E-state index contributed by atoms with van der Waals surface area (Å²) in [6, 6.07) is 71.0. The minimum Gasteiger partial charge on any atom is -0.307 e. The van der Waals surface area contributed by atoms with Crippen LogP contribution in [0.1, 0.15) is 38.9 Å². The normalized spacial score (nSPS) is 11.7. The molecule has 7 heteroatoms. The zero-order valence-corrected chi connectivity index (χ0v) is 41.0. The number of fused-ring (bicyclic) bond motifs is 6. The number of hydrogen-bond acceptors (Lipinski definition) is 2. The van der Waals surface area contributed by atoms with Crippen molar-refractivity contribution in [3.8, 4) is 79.1 Å². The molecule has 74 heavy (non-hydrogen) atoms. The predicted octanol–water partition coefficient (Wildman–Crippen LogP) is 18.2. The molecule has 0 saturated heterocycles. The Labute approximate surface area is 426 Å². The Hall–Kier alpha value is -9.43. The molecule has 0 aliphatic carbocycles. The van der Waals surface area contributed by atoms with Gasteiger partial charge in [-0.25, -0.2) is 0 Å². The molecule has 0 fully saturated rings. The lowest BCUT2D eigenvalue weighted by molar-refractivity contribution is -0.137. The number of rotatable bonds is 7. The largest absolute Gasteiger partial charge is 0.416 e. The summed E-state index contributed by atoms with van der Waals surface area (Å²) in [6.07, 6.45) is -4.75. The molecule has 0 atom stereocenters. The van der Waals surface area contributed by atoms with Gasteiger partial charge in [-0.3, -0.25) is 0 Å². The van der Waals surface area contributed by atoms with Crippen molar-refractivity contribution in [2.45, 2.75) is 33.9 Å². The molecule has 12 rings (SSSR count). The first kappa shape index (κ1) is 45.7. The average Bonchev–Trinajstić information content (AvgIpc) is 3.92. The Balaban J connectivity index is 1.26. The second-order valence-corrected chi connectivity index (χ2v) is 19.5. The molecule has 0 bridgehead atoms. The SMILES string of the molecule is Cc1ccc(-c2ccc3c4ccc(-c5ccc(C)cc5)cc4n(-c4cc(C#N)c(-c5cc(C#N)cc(C(F)(F)F)c5)cc4-n4c5cc(-c6ccc(C)cc6)ccc5c5ccc(-c6ccc(C)cc6)cc54)c3c2)cc1. The predicted molar refractivity (Wildman–Crippen MR) is 296 cm³/mol. The smallest absolute Gasteiger partial charge is 0.307 e. The molecular formula is C67H45F3N4. The van der Waals surface area contributed by atoms with Crippen LogP contribution < -0.4 is 0 Å². The van der Waals surface area contributed by atoms with Gasteiger partial charge in [0, 0.05) is 27.1 Å². The first-order valence-electron chi connectivity index (χ1n) is 24.5. The first-order valence-corrected chi connectivity index (χ1v) is 24.5. The van der Waals surface area contributed by atoms with Crippen LogP contribution in [-0.4, -0.2) is 9.13 Å². The lowest BCUT2D eigenvalue weighted by atomic mass is 9.94. The minimum absolute atomic E-state index is 0.104. The van der Waals surface area contributed by atoms with E-state index in [0.29, 0.717) is 11.4 Å². The van der Waals surface area contributed by atoms with Crippen molar-refractivity contribution < 1.29 is 13.2 Å². The fourth-order valence-electron chi connectivity index (χ4n) is 10.5. The molecule has 0 aliphatic rings. The molecular weight excluding hydrogens is 918 g/mol. The van der Waals surface area contributed by atoms with Gasteiger partial charge in [0.25, 0.3) is 0 Å². The minimum atomic E-state index is -4.75. The molecule has 0 radical (unpaired) electrons. The Morgan fingerprint density at radius 1 is 0.338 bits per heavy atom. The number of hydrogen-bond donors (Lipinski definition) is 0. The molecule has 10 aromatic carbocycles. The van der Waals surface area contributed by atoms with Crippen LogP contribution >= 0.6 is 0 Å². The maximum absolute atomic E-state index is 14.7. The molecule has 12 aromatic rings. The fraction of sp³-hybridized carbons (Fsp3) is 0.0746. The molecule has 0 unspecified atom stereocenters. The monoisotopic (exact) mass is 962 g/mol. The lowest BCUT2D eigenvalue weighted by Gasteiger charge is -2.21. The van der Waals surface area contributed by atoms with E-state index in [1.165, 1.54) is 6.07 Å². The van der Waals surface area contributed by atoms with Gasteiger partial charge < -0.3 is 9.13 Å². The van der Waals surface area contributed by atoms with Gasteiger partial charge in [-0.1, -0.05) is 168 Å². The highest BCUT2D eigenvalue weighted by molar-refractivity contribution is 6.14. The van der Waals surface area contributed by atoms with Crippen molar-refractivity contribution in [2.75, 3.05) is 0 Å². The maximum Gasteiger partial charge on any atom is 0.416 e. The number of aromatic nitrogens is 2. The lowest BCUT2D eigenvalue weighted by Crippen LogP contribution is -2.07. The highest BCUT2D eigenvalue weighted by Gasteiger charge is 2.32. The van der Waals surface area contributed by atoms with Gasteiger partial charge in [0.05, 0.1) is 62.3 Å². The Bertz CT molecular complexity index is 4110. The summed E-state index contributed by atoms with van der Waals surface area (Å²) in [5.41, 5.74) is 16.8. The molecule has 4 nitrogen and oxygen atoms in total. The highest BCUT2D eigenvalue weighted by atomic mass is 19.4. The van der Waals surface area contributed by atoms with Crippen molar-refractivity contribution in [1.82, 2.24) is 9.13 Å². The zero-order valence-electron chi connectivity index (χ0n) is 41.0. The summed E-state index contributed by atoms with van der Waals surface area (Å²) in [5, 5.41) is 25.4. The zero-order chi connectivity index (χ0) is 51.0. The number of nitrogens with zero attached hydrogens (tertiary/aromatic N) is 4. The van der Waals surface area contributed by atoms with E-state index in [1.807, 2.05) is 18.2 Å². The van der Waals surface area contributed by atoms with E-state index >= 15 is 0 Å². The molecule has 0 spiro atoms. The number of halogens is 3. The second-order valence-electron chi connectivity index (χ2n) is 19.5.